The molecule has 0 aliphatic rings. The number of benzene rings is 2. The van der Waals surface area contributed by atoms with Crippen LogP contribution in [0.5, 0.6) is 11.5 Å². The van der Waals surface area contributed by atoms with Crippen LogP contribution in [0.4, 0.5) is 4.39 Å². The summed E-state index contributed by atoms with van der Waals surface area (Å²) in [6, 6.07) is 10.6. The molecule has 0 amide bonds. The van der Waals surface area contributed by atoms with E-state index in [1.807, 2.05) is 19.1 Å². The van der Waals surface area contributed by atoms with E-state index in [1.165, 1.54) is 17.7 Å². The van der Waals surface area contributed by atoms with Crippen LogP contribution in [0.1, 0.15) is 37.5 Å². The van der Waals surface area contributed by atoms with Gasteiger partial charge >= 0.3 is 0 Å². The molecule has 2 aromatic carbocycles. The highest BCUT2D eigenvalue weighted by Crippen LogP contribution is 2.31. The number of halogens is 1. The summed E-state index contributed by atoms with van der Waals surface area (Å²) in [5.41, 5.74) is 8.64. The monoisotopic (exact) mass is 287 g/mol. The van der Waals surface area contributed by atoms with Crippen molar-refractivity contribution in [1.29, 1.82) is 0 Å². The second-order valence-corrected chi connectivity index (χ2v) is 6.33. The number of nitrogens with two attached hydrogens (primary N) is 1. The van der Waals surface area contributed by atoms with Gasteiger partial charge in [0, 0.05) is 12.6 Å². The van der Waals surface area contributed by atoms with Crippen LogP contribution in [-0.2, 0) is 12.0 Å². The third-order valence-corrected chi connectivity index (χ3v) is 3.44. The molecule has 0 aliphatic carbocycles. The molecule has 0 heterocycles. The number of aryl methyl sites for hydroxylation is 1. The fourth-order valence-electron chi connectivity index (χ4n) is 2.15. The highest BCUT2D eigenvalue weighted by atomic mass is 19.1. The molecule has 0 bridgehead atoms. The lowest BCUT2D eigenvalue weighted by atomic mass is 9.86. The molecule has 0 radical (unpaired) electrons. The number of hydrogen-bond donors (Lipinski definition) is 1. The number of rotatable bonds is 3. The minimum absolute atomic E-state index is 0.0921. The summed E-state index contributed by atoms with van der Waals surface area (Å²) in [6.07, 6.45) is 0. The predicted molar refractivity (Wildman–Crippen MR) is 84.2 cm³/mol. The summed E-state index contributed by atoms with van der Waals surface area (Å²) in [4.78, 5) is 0. The van der Waals surface area contributed by atoms with Crippen LogP contribution in [0.2, 0.25) is 0 Å². The maximum absolute atomic E-state index is 13.5. The Bertz CT molecular complexity index is 644. The van der Waals surface area contributed by atoms with Gasteiger partial charge in [-0.2, -0.15) is 0 Å². The SMILES string of the molecule is Cc1cc(C(C)(C)C)ccc1Oc1cc(F)cc(CN)c1. The molecule has 21 heavy (non-hydrogen) atoms. The van der Waals surface area contributed by atoms with Crippen LogP contribution in [0.3, 0.4) is 0 Å². The first kappa shape index (κ1) is 15.5. The molecule has 3 heteroatoms. The Hall–Kier alpha value is -1.87. The Balaban J connectivity index is 2.30. The Labute approximate surface area is 125 Å². The van der Waals surface area contributed by atoms with Crippen molar-refractivity contribution in [2.75, 3.05) is 0 Å². The molecule has 0 unspecified atom stereocenters. The average Bonchev–Trinajstić information content (AvgIpc) is 2.39. The largest absolute Gasteiger partial charge is 0.457 e. The van der Waals surface area contributed by atoms with E-state index in [0.29, 0.717) is 11.3 Å². The van der Waals surface area contributed by atoms with Crippen LogP contribution < -0.4 is 10.5 Å². The van der Waals surface area contributed by atoms with Gasteiger partial charge in [-0.1, -0.05) is 32.9 Å². The van der Waals surface area contributed by atoms with Gasteiger partial charge in [0.1, 0.15) is 17.3 Å². The highest BCUT2D eigenvalue weighted by Gasteiger charge is 2.15. The normalized spacial score (nSPS) is 11.5. The van der Waals surface area contributed by atoms with E-state index in [-0.39, 0.29) is 17.8 Å². The summed E-state index contributed by atoms with van der Waals surface area (Å²) in [5.74, 6) is 0.871. The topological polar surface area (TPSA) is 35.2 Å². The van der Waals surface area contributed by atoms with E-state index in [1.54, 1.807) is 6.07 Å². The fourth-order valence-corrected chi connectivity index (χ4v) is 2.15. The third-order valence-electron chi connectivity index (χ3n) is 3.44. The molecule has 0 aliphatic heterocycles. The van der Waals surface area contributed by atoms with Crippen molar-refractivity contribution in [2.45, 2.75) is 39.7 Å². The number of hydrogen-bond acceptors (Lipinski definition) is 2. The second-order valence-electron chi connectivity index (χ2n) is 6.33. The molecule has 2 rings (SSSR count). The summed E-state index contributed by atoms with van der Waals surface area (Å²) < 4.78 is 19.3. The zero-order valence-corrected chi connectivity index (χ0v) is 13.0. The van der Waals surface area contributed by atoms with Gasteiger partial charge in [-0.15, -0.1) is 0 Å². The van der Waals surface area contributed by atoms with Gasteiger partial charge in [0.25, 0.3) is 0 Å². The van der Waals surface area contributed by atoms with E-state index in [0.717, 1.165) is 11.3 Å². The van der Waals surface area contributed by atoms with Gasteiger partial charge in [-0.05, 0) is 47.2 Å². The highest BCUT2D eigenvalue weighted by molar-refractivity contribution is 5.42. The van der Waals surface area contributed by atoms with Crippen molar-refractivity contribution in [1.82, 2.24) is 0 Å². The van der Waals surface area contributed by atoms with E-state index in [2.05, 4.69) is 26.8 Å². The van der Waals surface area contributed by atoms with Crippen molar-refractivity contribution in [3.8, 4) is 11.5 Å². The van der Waals surface area contributed by atoms with Gasteiger partial charge in [-0.3, -0.25) is 0 Å². The van der Waals surface area contributed by atoms with E-state index >= 15 is 0 Å². The van der Waals surface area contributed by atoms with Gasteiger partial charge in [-0.25, -0.2) is 4.39 Å². The van der Waals surface area contributed by atoms with Crippen LogP contribution in [0.25, 0.3) is 0 Å². The van der Waals surface area contributed by atoms with E-state index < -0.39 is 0 Å². The molecular weight excluding hydrogens is 265 g/mol. The van der Waals surface area contributed by atoms with Gasteiger partial charge in [0.2, 0.25) is 0 Å². The standard InChI is InChI=1S/C18H22FNO/c1-12-7-14(18(2,3)4)5-6-17(12)21-16-9-13(11-20)8-15(19)10-16/h5-10H,11,20H2,1-4H3. The smallest absolute Gasteiger partial charge is 0.130 e. The molecular formula is C18H22FNO. The Morgan fingerprint density at radius 2 is 1.81 bits per heavy atom. The van der Waals surface area contributed by atoms with Crippen LogP contribution in [-0.4, -0.2) is 0 Å². The predicted octanol–water partition coefficient (Wildman–Crippen LogP) is 4.68. The lowest BCUT2D eigenvalue weighted by molar-refractivity contribution is 0.471. The maximum Gasteiger partial charge on any atom is 0.130 e. The zero-order valence-electron chi connectivity index (χ0n) is 13.0. The summed E-state index contributed by atoms with van der Waals surface area (Å²) in [7, 11) is 0. The van der Waals surface area contributed by atoms with Crippen molar-refractivity contribution in [3.63, 3.8) is 0 Å². The maximum atomic E-state index is 13.5. The van der Waals surface area contributed by atoms with Crippen LogP contribution in [0, 0.1) is 12.7 Å². The molecule has 112 valence electrons. The second kappa shape index (κ2) is 5.86. The average molecular weight is 287 g/mol. The molecule has 0 aromatic heterocycles. The molecule has 0 saturated carbocycles. The molecule has 2 aromatic rings. The van der Waals surface area contributed by atoms with Gasteiger partial charge in [0.05, 0.1) is 0 Å². The molecule has 0 spiro atoms. The minimum Gasteiger partial charge on any atom is -0.457 e. The van der Waals surface area contributed by atoms with Gasteiger partial charge < -0.3 is 10.5 Å². The minimum atomic E-state index is -0.336. The Morgan fingerprint density at radius 1 is 1.10 bits per heavy atom. The molecule has 0 saturated heterocycles. The summed E-state index contributed by atoms with van der Waals surface area (Å²) in [6.45, 7) is 8.79. The van der Waals surface area contributed by atoms with Gasteiger partial charge in [0.15, 0.2) is 0 Å². The van der Waals surface area contributed by atoms with Crippen molar-refractivity contribution >= 4 is 0 Å². The van der Waals surface area contributed by atoms with Crippen molar-refractivity contribution < 1.29 is 9.13 Å². The van der Waals surface area contributed by atoms with E-state index in [4.69, 9.17) is 10.5 Å². The lowest BCUT2D eigenvalue weighted by Gasteiger charge is -2.20. The summed E-state index contributed by atoms with van der Waals surface area (Å²) >= 11 is 0. The quantitative estimate of drug-likeness (QED) is 0.889. The number of ether oxygens (including phenoxy) is 1. The first-order valence-corrected chi connectivity index (χ1v) is 7.08. The molecule has 2 N–H and O–H groups in total. The first-order chi connectivity index (χ1) is 9.79. The van der Waals surface area contributed by atoms with Crippen LogP contribution in [0.15, 0.2) is 36.4 Å². The Morgan fingerprint density at radius 3 is 2.38 bits per heavy atom. The first-order valence-electron chi connectivity index (χ1n) is 7.08. The lowest BCUT2D eigenvalue weighted by Crippen LogP contribution is -2.11. The fraction of sp³-hybridized carbons (Fsp3) is 0.333. The molecule has 0 atom stereocenters. The van der Waals surface area contributed by atoms with Crippen molar-refractivity contribution in [3.05, 3.63) is 58.9 Å². The Kier molecular flexibility index (Phi) is 4.33. The molecule has 2 nitrogen and oxygen atoms in total. The third kappa shape index (κ3) is 3.82. The van der Waals surface area contributed by atoms with Crippen LogP contribution >= 0.6 is 0 Å². The molecule has 0 fully saturated rings. The van der Waals surface area contributed by atoms with E-state index in [9.17, 15) is 4.39 Å². The zero-order chi connectivity index (χ0) is 15.6. The van der Waals surface area contributed by atoms with Crippen molar-refractivity contribution in [2.24, 2.45) is 5.73 Å². The summed E-state index contributed by atoms with van der Waals surface area (Å²) in [5, 5.41) is 0.